The van der Waals surface area contributed by atoms with E-state index in [1.165, 1.54) is 95.7 Å². The lowest BCUT2D eigenvalue weighted by Gasteiger charge is -2.12. The Morgan fingerprint density at radius 3 is 1.83 bits per heavy atom. The van der Waals surface area contributed by atoms with E-state index in [9.17, 15) is 0 Å². The largest absolute Gasteiger partial charge is 0.257 e. The molecule has 0 saturated carbocycles. The van der Waals surface area contributed by atoms with Gasteiger partial charge in [-0.15, -0.1) is 0 Å². The van der Waals surface area contributed by atoms with E-state index >= 15 is 0 Å². The molecule has 1 atom stereocenters. The molecule has 0 radical (unpaired) electrons. The van der Waals surface area contributed by atoms with Crippen LogP contribution in [0.25, 0.3) is 0 Å². The number of aromatic amines is 1. The predicted molar refractivity (Wildman–Crippen MR) is 101 cm³/mol. The lowest BCUT2D eigenvalue weighted by Crippen LogP contribution is -2.32. The fourth-order valence-corrected chi connectivity index (χ4v) is 3.57. The molecule has 0 aliphatic heterocycles. The number of H-pyrrole nitrogens is 1. The Bertz CT molecular complexity index is 370. The van der Waals surface area contributed by atoms with Crippen molar-refractivity contribution in [3.8, 4) is 0 Å². The summed E-state index contributed by atoms with van der Waals surface area (Å²) in [6.07, 6.45) is 23.9. The van der Waals surface area contributed by atoms with E-state index < -0.39 is 0 Å². The number of nitrogens with zero attached hydrogens (tertiary/aromatic N) is 1. The van der Waals surface area contributed by atoms with Gasteiger partial charge in [-0.3, -0.25) is 0 Å². The lowest BCUT2D eigenvalue weighted by molar-refractivity contribution is -0.679. The quantitative estimate of drug-likeness (QED) is 0.284. The number of aryl methyl sites for hydroxylation is 1. The van der Waals surface area contributed by atoms with E-state index in [1.807, 2.05) is 0 Å². The van der Waals surface area contributed by atoms with Crippen LogP contribution >= 0.6 is 0 Å². The minimum Gasteiger partial charge on any atom is -0.247 e. The molecule has 0 saturated heterocycles. The summed E-state index contributed by atoms with van der Waals surface area (Å²) in [6.45, 7) is 4.59. The van der Waals surface area contributed by atoms with Crippen LogP contribution in [0, 0.1) is 0 Å². The molecule has 1 aromatic heterocycles. The van der Waals surface area contributed by atoms with Gasteiger partial charge in [0.1, 0.15) is 12.4 Å². The van der Waals surface area contributed by atoms with E-state index in [0.717, 1.165) is 5.92 Å². The minimum absolute atomic E-state index is 0.726. The van der Waals surface area contributed by atoms with Gasteiger partial charge in [0.25, 0.3) is 5.82 Å². The third-order valence-corrected chi connectivity index (χ3v) is 5.11. The molecule has 1 heterocycles. The number of unbranched alkanes of at least 4 members (excludes halogenated alkanes) is 10. The van der Waals surface area contributed by atoms with Gasteiger partial charge in [-0.05, 0) is 12.8 Å². The van der Waals surface area contributed by atoms with Crippen LogP contribution in [0.4, 0.5) is 0 Å². The van der Waals surface area contributed by atoms with Crippen LogP contribution in [0.5, 0.6) is 0 Å². The first-order valence-corrected chi connectivity index (χ1v) is 10.3. The van der Waals surface area contributed by atoms with Crippen LogP contribution in [0.2, 0.25) is 0 Å². The molecule has 1 N–H and O–H groups in total. The average molecular weight is 322 g/mol. The van der Waals surface area contributed by atoms with E-state index in [1.54, 1.807) is 0 Å². The summed E-state index contributed by atoms with van der Waals surface area (Å²) in [4.78, 5) is 3.46. The Balaban J connectivity index is 2.10. The standard InChI is InChI=1S/C21H40N2/c1-4-6-8-9-10-11-12-13-14-15-17-20(16-7-5-2)21-22-18-19-23(21)3/h18-20H,4-17H2,1-3H3/p+1/t20-/m0/s1. The Morgan fingerprint density at radius 1 is 0.783 bits per heavy atom. The van der Waals surface area contributed by atoms with Crippen LogP contribution in [-0.2, 0) is 7.05 Å². The number of hydrogen-bond donors (Lipinski definition) is 1. The maximum atomic E-state index is 3.46. The van der Waals surface area contributed by atoms with Gasteiger partial charge >= 0.3 is 0 Å². The molecule has 1 rings (SSSR count). The number of hydrogen-bond acceptors (Lipinski definition) is 0. The van der Waals surface area contributed by atoms with Crippen LogP contribution in [-0.4, -0.2) is 4.98 Å². The normalized spacial score (nSPS) is 12.7. The van der Waals surface area contributed by atoms with Gasteiger partial charge in [-0.25, -0.2) is 9.55 Å². The van der Waals surface area contributed by atoms with Gasteiger partial charge in [-0.2, -0.15) is 0 Å². The zero-order valence-electron chi connectivity index (χ0n) is 16.1. The topological polar surface area (TPSA) is 19.7 Å². The van der Waals surface area contributed by atoms with Crippen molar-refractivity contribution in [3.63, 3.8) is 0 Å². The molecule has 0 amide bonds. The molecule has 0 bridgehead atoms. The summed E-state index contributed by atoms with van der Waals surface area (Å²) in [6, 6.07) is 0. The molecule has 1 aromatic rings. The summed E-state index contributed by atoms with van der Waals surface area (Å²) in [5, 5.41) is 0. The summed E-state index contributed by atoms with van der Waals surface area (Å²) >= 11 is 0. The second-order valence-corrected chi connectivity index (χ2v) is 7.27. The third kappa shape index (κ3) is 9.17. The Kier molecular flexibility index (Phi) is 12.0. The van der Waals surface area contributed by atoms with Crippen molar-refractivity contribution in [2.24, 2.45) is 7.05 Å². The van der Waals surface area contributed by atoms with Gasteiger partial charge in [-0.1, -0.05) is 90.9 Å². The highest BCUT2D eigenvalue weighted by molar-refractivity contribution is 4.89. The van der Waals surface area contributed by atoms with Crippen molar-refractivity contribution in [2.75, 3.05) is 0 Å². The number of nitrogens with one attached hydrogen (secondary N) is 1. The van der Waals surface area contributed by atoms with Crippen molar-refractivity contribution >= 4 is 0 Å². The number of aromatic nitrogens is 2. The Morgan fingerprint density at radius 2 is 1.30 bits per heavy atom. The first kappa shape index (κ1) is 20.3. The Labute approximate surface area is 145 Å². The SMILES string of the molecule is CCCCCCCCCCCC[C@H](CCCC)c1[nH]cc[n+]1C. The first-order chi connectivity index (χ1) is 11.3. The monoisotopic (exact) mass is 321 g/mol. The maximum Gasteiger partial charge on any atom is 0.257 e. The molecular weight excluding hydrogens is 280 g/mol. The minimum atomic E-state index is 0.726. The molecule has 0 aliphatic carbocycles. The number of imidazole rings is 1. The summed E-state index contributed by atoms with van der Waals surface area (Å²) < 4.78 is 2.27. The van der Waals surface area contributed by atoms with Crippen molar-refractivity contribution in [3.05, 3.63) is 18.2 Å². The zero-order valence-corrected chi connectivity index (χ0v) is 16.1. The average Bonchev–Trinajstić information content (AvgIpc) is 2.98. The second-order valence-electron chi connectivity index (χ2n) is 7.27. The van der Waals surface area contributed by atoms with Crippen LogP contribution in [0.1, 0.15) is 115 Å². The van der Waals surface area contributed by atoms with E-state index in [-0.39, 0.29) is 0 Å². The van der Waals surface area contributed by atoms with Gasteiger partial charge < -0.3 is 0 Å². The molecule has 0 fully saturated rings. The fourth-order valence-electron chi connectivity index (χ4n) is 3.57. The predicted octanol–water partition coefficient (Wildman–Crippen LogP) is 6.42. The van der Waals surface area contributed by atoms with E-state index in [0.29, 0.717) is 0 Å². The van der Waals surface area contributed by atoms with Crippen molar-refractivity contribution in [1.29, 1.82) is 0 Å². The smallest absolute Gasteiger partial charge is 0.247 e. The van der Waals surface area contributed by atoms with Crippen molar-refractivity contribution < 1.29 is 4.57 Å². The lowest BCUT2D eigenvalue weighted by atomic mass is 9.94. The molecule has 0 spiro atoms. The number of rotatable bonds is 15. The highest BCUT2D eigenvalue weighted by Crippen LogP contribution is 2.25. The molecule has 2 nitrogen and oxygen atoms in total. The van der Waals surface area contributed by atoms with E-state index in [2.05, 4.69) is 42.8 Å². The highest BCUT2D eigenvalue weighted by Gasteiger charge is 2.20. The van der Waals surface area contributed by atoms with Crippen LogP contribution in [0.15, 0.2) is 12.4 Å². The van der Waals surface area contributed by atoms with Gasteiger partial charge in [0.05, 0.1) is 13.0 Å². The molecular formula is C21H41N2+. The third-order valence-electron chi connectivity index (χ3n) is 5.11. The summed E-state index contributed by atoms with van der Waals surface area (Å²) in [5.41, 5.74) is 0. The highest BCUT2D eigenvalue weighted by atomic mass is 15.0. The molecule has 0 unspecified atom stereocenters. The molecule has 0 aromatic carbocycles. The maximum absolute atomic E-state index is 3.46. The van der Waals surface area contributed by atoms with E-state index in [4.69, 9.17) is 0 Å². The Hall–Kier alpha value is -0.790. The van der Waals surface area contributed by atoms with Gasteiger partial charge in [0.2, 0.25) is 0 Å². The molecule has 0 aliphatic rings. The van der Waals surface area contributed by atoms with Crippen molar-refractivity contribution in [2.45, 2.75) is 110 Å². The summed E-state index contributed by atoms with van der Waals surface area (Å²) in [5.74, 6) is 2.15. The first-order valence-electron chi connectivity index (χ1n) is 10.3. The molecule has 134 valence electrons. The van der Waals surface area contributed by atoms with Gasteiger partial charge in [0, 0.05) is 0 Å². The molecule has 2 heteroatoms. The molecule has 23 heavy (non-hydrogen) atoms. The fraction of sp³-hybridized carbons (Fsp3) is 0.857. The zero-order chi connectivity index (χ0) is 16.8. The second kappa shape index (κ2) is 13.6. The van der Waals surface area contributed by atoms with Crippen molar-refractivity contribution in [1.82, 2.24) is 4.98 Å². The van der Waals surface area contributed by atoms with Crippen LogP contribution in [0.3, 0.4) is 0 Å². The van der Waals surface area contributed by atoms with Crippen LogP contribution < -0.4 is 4.57 Å². The summed E-state index contributed by atoms with van der Waals surface area (Å²) in [7, 11) is 2.17. The van der Waals surface area contributed by atoms with Gasteiger partial charge in [0.15, 0.2) is 0 Å².